The zero-order chi connectivity index (χ0) is 11.0. The minimum absolute atomic E-state index is 0.00792. The fraction of sp³-hybridized carbons (Fsp3) is 1.00. The Kier molecular flexibility index (Phi) is 3.39. The molecule has 2 aliphatic rings. The number of aliphatic hydroxyl groups is 1. The van der Waals surface area contributed by atoms with Gasteiger partial charge in [-0.05, 0) is 48.9 Å². The fourth-order valence-electron chi connectivity index (χ4n) is 4.34. The van der Waals surface area contributed by atoms with Crippen LogP contribution in [0.3, 0.4) is 0 Å². The molecule has 0 aromatic rings. The molecule has 88 valence electrons. The molecule has 0 radical (unpaired) electrons. The molecule has 1 nitrogen and oxygen atoms in total. The van der Waals surface area contributed by atoms with Crippen LogP contribution < -0.4 is 0 Å². The van der Waals surface area contributed by atoms with Crippen LogP contribution in [-0.4, -0.2) is 11.2 Å². The van der Waals surface area contributed by atoms with Crippen molar-refractivity contribution in [2.75, 3.05) is 0 Å². The summed E-state index contributed by atoms with van der Waals surface area (Å²) in [6.07, 6.45) is 6.41. The number of hydrogen-bond acceptors (Lipinski definition) is 1. The SMILES string of the molecule is CCC1C2C(CC[C@@H]1C)C[C@H](C)C[C@@H]2O. The van der Waals surface area contributed by atoms with Crippen LogP contribution in [0.5, 0.6) is 0 Å². The summed E-state index contributed by atoms with van der Waals surface area (Å²) >= 11 is 0. The second-order valence-electron chi connectivity index (χ2n) is 6.11. The molecule has 0 spiro atoms. The van der Waals surface area contributed by atoms with Gasteiger partial charge < -0.3 is 5.11 Å². The minimum atomic E-state index is -0.00792. The summed E-state index contributed by atoms with van der Waals surface area (Å²) in [5.41, 5.74) is 0. The van der Waals surface area contributed by atoms with E-state index in [0.717, 1.165) is 30.1 Å². The molecule has 0 bridgehead atoms. The van der Waals surface area contributed by atoms with Crippen molar-refractivity contribution in [3.63, 3.8) is 0 Å². The van der Waals surface area contributed by atoms with Gasteiger partial charge in [0.05, 0.1) is 6.10 Å². The molecular formula is C14H26O. The molecule has 2 rings (SSSR count). The van der Waals surface area contributed by atoms with E-state index in [9.17, 15) is 5.11 Å². The van der Waals surface area contributed by atoms with Crippen LogP contribution in [0.15, 0.2) is 0 Å². The Morgan fingerprint density at radius 3 is 2.53 bits per heavy atom. The summed E-state index contributed by atoms with van der Waals surface area (Å²) in [4.78, 5) is 0. The molecule has 1 N–H and O–H groups in total. The van der Waals surface area contributed by atoms with Crippen LogP contribution >= 0.6 is 0 Å². The van der Waals surface area contributed by atoms with Crippen molar-refractivity contribution >= 4 is 0 Å². The Labute approximate surface area is 94.3 Å². The molecule has 3 unspecified atom stereocenters. The highest BCUT2D eigenvalue weighted by Crippen LogP contribution is 2.48. The first-order valence-corrected chi connectivity index (χ1v) is 6.81. The zero-order valence-corrected chi connectivity index (χ0v) is 10.4. The third-order valence-corrected chi connectivity index (χ3v) is 5.03. The van der Waals surface area contributed by atoms with E-state index in [1.54, 1.807) is 0 Å². The molecule has 0 saturated heterocycles. The topological polar surface area (TPSA) is 20.2 Å². The van der Waals surface area contributed by atoms with Gasteiger partial charge in [0.2, 0.25) is 0 Å². The second-order valence-corrected chi connectivity index (χ2v) is 6.11. The van der Waals surface area contributed by atoms with Crippen molar-refractivity contribution in [1.29, 1.82) is 0 Å². The Hall–Kier alpha value is -0.0400. The average Bonchev–Trinajstić information content (AvgIpc) is 2.18. The molecule has 0 amide bonds. The van der Waals surface area contributed by atoms with Gasteiger partial charge in [0, 0.05) is 0 Å². The molecule has 2 fully saturated rings. The normalized spacial score (nSPS) is 51.2. The lowest BCUT2D eigenvalue weighted by atomic mass is 9.58. The third-order valence-electron chi connectivity index (χ3n) is 5.03. The lowest BCUT2D eigenvalue weighted by Gasteiger charge is -2.48. The summed E-state index contributed by atoms with van der Waals surface area (Å²) < 4.78 is 0. The van der Waals surface area contributed by atoms with Crippen LogP contribution in [-0.2, 0) is 0 Å². The quantitative estimate of drug-likeness (QED) is 0.702. The smallest absolute Gasteiger partial charge is 0.0576 e. The Morgan fingerprint density at radius 1 is 1.13 bits per heavy atom. The summed E-state index contributed by atoms with van der Waals surface area (Å²) in [5, 5.41) is 10.3. The number of rotatable bonds is 1. The third kappa shape index (κ3) is 2.08. The molecule has 2 aliphatic carbocycles. The summed E-state index contributed by atoms with van der Waals surface area (Å²) in [6.45, 7) is 6.99. The van der Waals surface area contributed by atoms with Crippen molar-refractivity contribution in [1.82, 2.24) is 0 Å². The highest BCUT2D eigenvalue weighted by Gasteiger charge is 2.43. The predicted molar refractivity (Wildman–Crippen MR) is 63.6 cm³/mol. The van der Waals surface area contributed by atoms with Crippen LogP contribution in [0, 0.1) is 29.6 Å². The van der Waals surface area contributed by atoms with E-state index in [1.165, 1.54) is 25.7 Å². The fourth-order valence-corrected chi connectivity index (χ4v) is 4.34. The Bertz CT molecular complexity index is 213. The monoisotopic (exact) mass is 210 g/mol. The molecule has 0 aliphatic heterocycles. The van der Waals surface area contributed by atoms with Gasteiger partial charge in [-0.25, -0.2) is 0 Å². The van der Waals surface area contributed by atoms with Crippen molar-refractivity contribution in [3.05, 3.63) is 0 Å². The van der Waals surface area contributed by atoms with E-state index in [-0.39, 0.29) is 6.10 Å². The van der Waals surface area contributed by atoms with Gasteiger partial charge in [-0.3, -0.25) is 0 Å². The van der Waals surface area contributed by atoms with E-state index in [4.69, 9.17) is 0 Å². The zero-order valence-electron chi connectivity index (χ0n) is 10.4. The van der Waals surface area contributed by atoms with Gasteiger partial charge in [0.25, 0.3) is 0 Å². The number of hydrogen-bond donors (Lipinski definition) is 1. The van der Waals surface area contributed by atoms with Crippen molar-refractivity contribution in [2.45, 2.75) is 59.0 Å². The number of aliphatic hydroxyl groups excluding tert-OH is 1. The number of fused-ring (bicyclic) bond motifs is 1. The molecule has 0 aromatic carbocycles. The first-order valence-electron chi connectivity index (χ1n) is 6.81. The Balaban J connectivity index is 2.13. The van der Waals surface area contributed by atoms with E-state index >= 15 is 0 Å². The van der Waals surface area contributed by atoms with Gasteiger partial charge in [0.1, 0.15) is 0 Å². The van der Waals surface area contributed by atoms with E-state index in [1.807, 2.05) is 0 Å². The van der Waals surface area contributed by atoms with Crippen molar-refractivity contribution < 1.29 is 5.11 Å². The van der Waals surface area contributed by atoms with Gasteiger partial charge in [0.15, 0.2) is 0 Å². The minimum Gasteiger partial charge on any atom is -0.393 e. The lowest BCUT2D eigenvalue weighted by molar-refractivity contribution is -0.0596. The summed E-state index contributed by atoms with van der Waals surface area (Å²) in [7, 11) is 0. The molecule has 1 heteroatoms. The van der Waals surface area contributed by atoms with Gasteiger partial charge in [-0.1, -0.05) is 33.6 Å². The lowest BCUT2D eigenvalue weighted by Crippen LogP contribution is -2.45. The molecule has 15 heavy (non-hydrogen) atoms. The van der Waals surface area contributed by atoms with E-state index < -0.39 is 0 Å². The highest BCUT2D eigenvalue weighted by molar-refractivity contribution is 4.93. The van der Waals surface area contributed by atoms with Crippen LogP contribution in [0.4, 0.5) is 0 Å². The first-order chi connectivity index (χ1) is 7.13. The predicted octanol–water partition coefficient (Wildman–Crippen LogP) is 3.47. The average molecular weight is 210 g/mol. The van der Waals surface area contributed by atoms with Crippen LogP contribution in [0.1, 0.15) is 52.9 Å². The van der Waals surface area contributed by atoms with Crippen molar-refractivity contribution in [3.8, 4) is 0 Å². The van der Waals surface area contributed by atoms with Crippen LogP contribution in [0.25, 0.3) is 0 Å². The largest absolute Gasteiger partial charge is 0.393 e. The van der Waals surface area contributed by atoms with Crippen LogP contribution in [0.2, 0.25) is 0 Å². The van der Waals surface area contributed by atoms with E-state index in [2.05, 4.69) is 20.8 Å². The molecule has 0 heterocycles. The maximum absolute atomic E-state index is 10.3. The summed E-state index contributed by atoms with van der Waals surface area (Å²) in [5.74, 6) is 3.80. The molecule has 6 atom stereocenters. The molecule has 0 aromatic heterocycles. The van der Waals surface area contributed by atoms with E-state index in [0.29, 0.717) is 5.92 Å². The molecular weight excluding hydrogens is 184 g/mol. The standard InChI is InChI=1S/C14H26O/c1-4-12-10(3)5-6-11-7-9(2)8-13(15)14(11)12/h9-15H,4-8H2,1-3H3/t9-,10-,11?,12?,13-,14?/m0/s1. The maximum atomic E-state index is 10.3. The van der Waals surface area contributed by atoms with Gasteiger partial charge in [-0.15, -0.1) is 0 Å². The van der Waals surface area contributed by atoms with Gasteiger partial charge >= 0.3 is 0 Å². The Morgan fingerprint density at radius 2 is 1.87 bits per heavy atom. The maximum Gasteiger partial charge on any atom is 0.0576 e. The highest BCUT2D eigenvalue weighted by atomic mass is 16.3. The first kappa shape index (κ1) is 11.4. The van der Waals surface area contributed by atoms with Gasteiger partial charge in [-0.2, -0.15) is 0 Å². The van der Waals surface area contributed by atoms with Crippen molar-refractivity contribution in [2.24, 2.45) is 29.6 Å². The molecule has 2 saturated carbocycles. The summed E-state index contributed by atoms with van der Waals surface area (Å²) in [6, 6.07) is 0. The second kappa shape index (κ2) is 4.45.